The van der Waals surface area contributed by atoms with Crippen LogP contribution in [0, 0.1) is 0 Å². The third-order valence-electron chi connectivity index (χ3n) is 3.08. The van der Waals surface area contributed by atoms with Crippen molar-refractivity contribution in [2.45, 2.75) is 51.0 Å². The fourth-order valence-electron chi connectivity index (χ4n) is 2.11. The van der Waals surface area contributed by atoms with E-state index in [1.807, 2.05) is 0 Å². The van der Waals surface area contributed by atoms with E-state index in [1.165, 1.54) is 39.2 Å². The number of carbonyl (C=O) groups excluding carboxylic acids is 2. The number of imide groups is 1. The molecule has 0 aromatic carbocycles. The first-order chi connectivity index (χ1) is 8.22. The summed E-state index contributed by atoms with van der Waals surface area (Å²) >= 11 is 0. The molecule has 1 aliphatic carbocycles. The van der Waals surface area contributed by atoms with E-state index >= 15 is 0 Å². The Balaban J connectivity index is 2.18. The maximum Gasteiger partial charge on any atom is 0.413 e. The number of amides is 2. The van der Waals surface area contributed by atoms with E-state index in [1.54, 1.807) is 0 Å². The van der Waals surface area contributed by atoms with Gasteiger partial charge in [0.25, 0.3) is 0 Å². The molecule has 0 atom stereocenters. The predicted octanol–water partition coefficient (Wildman–Crippen LogP) is 1.57. The van der Waals surface area contributed by atoms with E-state index in [9.17, 15) is 9.59 Å². The Bertz CT molecular complexity index is 248. The van der Waals surface area contributed by atoms with E-state index in [0.717, 1.165) is 12.8 Å². The number of methoxy groups -OCH3 is 1. The lowest BCUT2D eigenvalue weighted by Gasteiger charge is -2.20. The molecule has 0 saturated heterocycles. The summed E-state index contributed by atoms with van der Waals surface area (Å²) in [6.45, 7) is 0.180. The average molecular weight is 242 g/mol. The Morgan fingerprint density at radius 3 is 2.29 bits per heavy atom. The van der Waals surface area contributed by atoms with Gasteiger partial charge >= 0.3 is 6.09 Å². The van der Waals surface area contributed by atoms with Gasteiger partial charge in [0.2, 0.25) is 5.91 Å². The van der Waals surface area contributed by atoms with Gasteiger partial charge in [-0.25, -0.2) is 4.79 Å². The molecular formula is C12H22N2O3. The maximum absolute atomic E-state index is 11.3. The number of alkyl carbamates (subject to hydrolysis) is 1. The maximum atomic E-state index is 11.3. The van der Waals surface area contributed by atoms with Crippen LogP contribution >= 0.6 is 0 Å². The van der Waals surface area contributed by atoms with Crippen LogP contribution in [0.3, 0.4) is 0 Å². The smallest absolute Gasteiger partial charge is 0.413 e. The molecule has 0 unspecified atom stereocenters. The summed E-state index contributed by atoms with van der Waals surface area (Å²) < 4.78 is 4.35. The van der Waals surface area contributed by atoms with Crippen molar-refractivity contribution in [1.29, 1.82) is 0 Å². The molecule has 17 heavy (non-hydrogen) atoms. The third kappa shape index (κ3) is 6.26. The zero-order valence-corrected chi connectivity index (χ0v) is 10.5. The minimum absolute atomic E-state index is 0.180. The molecule has 5 heteroatoms. The van der Waals surface area contributed by atoms with Gasteiger partial charge < -0.3 is 10.1 Å². The van der Waals surface area contributed by atoms with Crippen molar-refractivity contribution in [2.24, 2.45) is 0 Å². The fraction of sp³-hybridized carbons (Fsp3) is 0.833. The standard InChI is InChI=1S/C12H22N2O3/c1-17-12(16)14-11(15)9-13-10-7-5-3-2-4-6-8-10/h10,13H,2-9H2,1H3,(H,14,15,16). The molecule has 0 bridgehead atoms. The number of nitrogens with one attached hydrogen (secondary N) is 2. The van der Waals surface area contributed by atoms with Gasteiger partial charge in [-0.1, -0.05) is 32.1 Å². The average Bonchev–Trinajstić information content (AvgIpc) is 2.27. The van der Waals surface area contributed by atoms with Crippen molar-refractivity contribution < 1.29 is 14.3 Å². The summed E-state index contributed by atoms with van der Waals surface area (Å²) in [6, 6.07) is 0.402. The van der Waals surface area contributed by atoms with Crippen molar-refractivity contribution in [3.63, 3.8) is 0 Å². The van der Waals surface area contributed by atoms with Gasteiger partial charge in [-0.2, -0.15) is 0 Å². The molecule has 0 radical (unpaired) electrons. The van der Waals surface area contributed by atoms with Crippen LogP contribution < -0.4 is 10.6 Å². The molecule has 1 aliphatic rings. The van der Waals surface area contributed by atoms with Gasteiger partial charge in [0, 0.05) is 6.04 Å². The lowest BCUT2D eigenvalue weighted by Crippen LogP contribution is -2.41. The van der Waals surface area contributed by atoms with E-state index in [-0.39, 0.29) is 12.5 Å². The topological polar surface area (TPSA) is 67.4 Å². The lowest BCUT2D eigenvalue weighted by atomic mass is 9.97. The van der Waals surface area contributed by atoms with E-state index < -0.39 is 6.09 Å². The first-order valence-electron chi connectivity index (χ1n) is 6.33. The van der Waals surface area contributed by atoms with Crippen molar-refractivity contribution in [2.75, 3.05) is 13.7 Å². The molecule has 0 aliphatic heterocycles. The summed E-state index contributed by atoms with van der Waals surface area (Å²) in [4.78, 5) is 22.1. The van der Waals surface area contributed by atoms with Gasteiger partial charge in [-0.05, 0) is 12.8 Å². The van der Waals surface area contributed by atoms with E-state index in [2.05, 4.69) is 15.4 Å². The highest BCUT2D eigenvalue weighted by molar-refractivity contribution is 5.92. The number of hydrogen-bond acceptors (Lipinski definition) is 4. The highest BCUT2D eigenvalue weighted by atomic mass is 16.5. The SMILES string of the molecule is COC(=O)NC(=O)CNC1CCCCCCC1. The first-order valence-corrected chi connectivity index (χ1v) is 6.33. The van der Waals surface area contributed by atoms with E-state index in [0.29, 0.717) is 6.04 Å². The van der Waals surface area contributed by atoms with Crippen LogP contribution in [0.5, 0.6) is 0 Å². The third-order valence-corrected chi connectivity index (χ3v) is 3.08. The summed E-state index contributed by atoms with van der Waals surface area (Å²) in [5.41, 5.74) is 0. The van der Waals surface area contributed by atoms with Crippen molar-refractivity contribution in [1.82, 2.24) is 10.6 Å². The quantitative estimate of drug-likeness (QED) is 0.788. The van der Waals surface area contributed by atoms with E-state index in [4.69, 9.17) is 0 Å². The molecule has 2 amide bonds. The monoisotopic (exact) mass is 242 g/mol. The van der Waals surface area contributed by atoms with Crippen molar-refractivity contribution >= 4 is 12.0 Å². The number of carbonyl (C=O) groups is 2. The van der Waals surface area contributed by atoms with Gasteiger partial charge in [-0.3, -0.25) is 10.1 Å². The number of rotatable bonds is 3. The summed E-state index contributed by atoms with van der Waals surface area (Å²) in [7, 11) is 1.24. The Morgan fingerprint density at radius 2 is 1.71 bits per heavy atom. The minimum atomic E-state index is -0.700. The molecule has 1 fully saturated rings. The van der Waals surface area contributed by atoms with Crippen LogP contribution in [0.1, 0.15) is 44.9 Å². The molecule has 0 spiro atoms. The van der Waals surface area contributed by atoms with Crippen molar-refractivity contribution in [3.8, 4) is 0 Å². The van der Waals surface area contributed by atoms with Crippen LogP contribution in [-0.4, -0.2) is 31.7 Å². The van der Waals surface area contributed by atoms with Gasteiger partial charge in [0.1, 0.15) is 0 Å². The summed E-state index contributed by atoms with van der Waals surface area (Å²) in [5, 5.41) is 5.33. The number of hydrogen-bond donors (Lipinski definition) is 2. The fourth-order valence-corrected chi connectivity index (χ4v) is 2.11. The molecule has 0 aromatic heterocycles. The second-order valence-electron chi connectivity index (χ2n) is 4.46. The Morgan fingerprint density at radius 1 is 1.12 bits per heavy atom. The Labute approximate surface area is 102 Å². The second kappa shape index (κ2) is 8.06. The van der Waals surface area contributed by atoms with Gasteiger partial charge in [0.05, 0.1) is 13.7 Å². The van der Waals surface area contributed by atoms with Crippen LogP contribution in [-0.2, 0) is 9.53 Å². The molecule has 1 rings (SSSR count). The van der Waals surface area contributed by atoms with Crippen LogP contribution in [0.2, 0.25) is 0 Å². The highest BCUT2D eigenvalue weighted by Crippen LogP contribution is 2.16. The molecular weight excluding hydrogens is 220 g/mol. The van der Waals surface area contributed by atoms with Crippen LogP contribution in [0.15, 0.2) is 0 Å². The predicted molar refractivity (Wildman–Crippen MR) is 64.7 cm³/mol. The van der Waals surface area contributed by atoms with Crippen molar-refractivity contribution in [3.05, 3.63) is 0 Å². The molecule has 1 saturated carbocycles. The molecule has 0 heterocycles. The Kier molecular flexibility index (Phi) is 6.62. The zero-order chi connectivity index (χ0) is 12.5. The zero-order valence-electron chi connectivity index (χ0n) is 10.5. The highest BCUT2D eigenvalue weighted by Gasteiger charge is 2.13. The van der Waals surface area contributed by atoms with Gasteiger partial charge in [-0.15, -0.1) is 0 Å². The van der Waals surface area contributed by atoms with Gasteiger partial charge in [0.15, 0.2) is 0 Å². The largest absolute Gasteiger partial charge is 0.453 e. The molecule has 5 nitrogen and oxygen atoms in total. The summed E-state index contributed by atoms with van der Waals surface area (Å²) in [6.07, 6.45) is 7.87. The molecule has 98 valence electrons. The second-order valence-corrected chi connectivity index (χ2v) is 4.46. The normalized spacial score (nSPS) is 17.9. The van der Waals surface area contributed by atoms with Crippen LogP contribution in [0.25, 0.3) is 0 Å². The Hall–Kier alpha value is -1.10. The number of ether oxygens (including phenoxy) is 1. The molecule has 0 aromatic rings. The molecule has 2 N–H and O–H groups in total. The minimum Gasteiger partial charge on any atom is -0.453 e. The lowest BCUT2D eigenvalue weighted by molar-refractivity contribution is -0.119. The van der Waals surface area contributed by atoms with Crippen LogP contribution in [0.4, 0.5) is 4.79 Å². The summed E-state index contributed by atoms with van der Waals surface area (Å²) in [5.74, 6) is -0.334. The first kappa shape index (κ1) is 14.0.